The first kappa shape index (κ1) is 10.8. The fourth-order valence-corrected chi connectivity index (χ4v) is 2.66. The summed E-state index contributed by atoms with van der Waals surface area (Å²) in [4.78, 5) is 2.42. The molecule has 0 amide bonds. The van der Waals surface area contributed by atoms with E-state index in [2.05, 4.69) is 41.3 Å². The summed E-state index contributed by atoms with van der Waals surface area (Å²) in [5.41, 5.74) is 4.02. The molecule has 0 radical (unpaired) electrons. The lowest BCUT2D eigenvalue weighted by Crippen LogP contribution is -2.15. The van der Waals surface area contributed by atoms with Gasteiger partial charge in [-0.25, -0.2) is 0 Å². The largest absolute Gasteiger partial charge is 0.291 e. The molecular weight excluding hydrogens is 230 g/mol. The highest BCUT2D eigenvalue weighted by molar-refractivity contribution is 6.31. The maximum absolute atomic E-state index is 6.21. The Kier molecular flexibility index (Phi) is 2.87. The van der Waals surface area contributed by atoms with Gasteiger partial charge < -0.3 is 0 Å². The molecule has 0 saturated heterocycles. The second-order valence-corrected chi connectivity index (χ2v) is 4.92. The topological polar surface area (TPSA) is 3.24 Å². The van der Waals surface area contributed by atoms with Gasteiger partial charge in [0.1, 0.15) is 0 Å². The number of nitrogens with zero attached hydrogens (tertiary/aromatic N) is 1. The van der Waals surface area contributed by atoms with E-state index >= 15 is 0 Å². The molecule has 0 aromatic heterocycles. The van der Waals surface area contributed by atoms with Gasteiger partial charge >= 0.3 is 0 Å². The molecule has 0 aliphatic carbocycles. The van der Waals surface area contributed by atoms with Crippen LogP contribution in [-0.2, 0) is 19.6 Å². The molecule has 1 aliphatic rings. The van der Waals surface area contributed by atoms with Crippen LogP contribution >= 0.6 is 11.6 Å². The van der Waals surface area contributed by atoms with Gasteiger partial charge in [-0.2, -0.15) is 0 Å². The zero-order valence-electron chi connectivity index (χ0n) is 9.57. The van der Waals surface area contributed by atoms with Crippen molar-refractivity contribution in [1.82, 2.24) is 4.90 Å². The molecule has 2 aromatic rings. The summed E-state index contributed by atoms with van der Waals surface area (Å²) < 4.78 is 0. The maximum Gasteiger partial charge on any atom is 0.0454 e. The Labute approximate surface area is 107 Å². The van der Waals surface area contributed by atoms with Crippen LogP contribution < -0.4 is 0 Å². The Bertz CT molecular complexity index is 522. The Balaban J connectivity index is 1.77. The first-order valence-corrected chi connectivity index (χ1v) is 6.23. The second-order valence-electron chi connectivity index (χ2n) is 4.51. The first-order chi connectivity index (χ1) is 8.33. The number of fused-ring (bicyclic) bond motifs is 1. The highest BCUT2D eigenvalue weighted by Crippen LogP contribution is 2.29. The van der Waals surface area contributed by atoms with Gasteiger partial charge in [-0.15, -0.1) is 0 Å². The van der Waals surface area contributed by atoms with Gasteiger partial charge in [0.05, 0.1) is 0 Å². The van der Waals surface area contributed by atoms with E-state index in [-0.39, 0.29) is 0 Å². The van der Waals surface area contributed by atoms with Gasteiger partial charge in [-0.3, -0.25) is 4.90 Å². The molecule has 1 heterocycles. The van der Waals surface area contributed by atoms with E-state index in [4.69, 9.17) is 11.6 Å². The van der Waals surface area contributed by atoms with Crippen LogP contribution in [0.15, 0.2) is 48.5 Å². The van der Waals surface area contributed by atoms with Crippen LogP contribution in [0.5, 0.6) is 0 Å². The monoisotopic (exact) mass is 243 g/mol. The van der Waals surface area contributed by atoms with Crippen LogP contribution in [0.2, 0.25) is 5.02 Å². The minimum Gasteiger partial charge on any atom is -0.291 e. The van der Waals surface area contributed by atoms with E-state index in [1.165, 1.54) is 16.7 Å². The van der Waals surface area contributed by atoms with E-state index in [0.717, 1.165) is 24.7 Å². The summed E-state index contributed by atoms with van der Waals surface area (Å²) in [6, 6.07) is 16.8. The van der Waals surface area contributed by atoms with Crippen LogP contribution in [0.3, 0.4) is 0 Å². The molecule has 0 unspecified atom stereocenters. The Morgan fingerprint density at radius 1 is 0.941 bits per heavy atom. The molecule has 3 rings (SSSR count). The van der Waals surface area contributed by atoms with Crippen molar-refractivity contribution in [2.45, 2.75) is 19.6 Å². The number of halogens is 1. The van der Waals surface area contributed by atoms with Crippen LogP contribution in [0.25, 0.3) is 0 Å². The third kappa shape index (κ3) is 2.21. The molecule has 17 heavy (non-hydrogen) atoms. The quantitative estimate of drug-likeness (QED) is 0.774. The molecular formula is C15H14ClN. The lowest BCUT2D eigenvalue weighted by Gasteiger charge is -2.14. The predicted octanol–water partition coefficient (Wildman–Crippen LogP) is 3.86. The lowest BCUT2D eigenvalue weighted by atomic mass is 10.1. The van der Waals surface area contributed by atoms with Crippen molar-refractivity contribution in [1.29, 1.82) is 0 Å². The van der Waals surface area contributed by atoms with Crippen LogP contribution in [0.1, 0.15) is 16.7 Å². The van der Waals surface area contributed by atoms with E-state index < -0.39 is 0 Å². The van der Waals surface area contributed by atoms with Crippen molar-refractivity contribution in [3.63, 3.8) is 0 Å². The molecule has 0 bridgehead atoms. The summed E-state index contributed by atoms with van der Waals surface area (Å²) in [6.45, 7) is 2.96. The summed E-state index contributed by atoms with van der Waals surface area (Å²) >= 11 is 6.21. The SMILES string of the molecule is Clc1cccc2c1CN(Cc1ccccc1)C2. The maximum atomic E-state index is 6.21. The van der Waals surface area contributed by atoms with Crippen molar-refractivity contribution < 1.29 is 0 Å². The van der Waals surface area contributed by atoms with Crippen LogP contribution in [-0.4, -0.2) is 4.90 Å². The first-order valence-electron chi connectivity index (χ1n) is 5.85. The Morgan fingerprint density at radius 3 is 2.53 bits per heavy atom. The summed E-state index contributed by atoms with van der Waals surface area (Å²) in [5, 5.41) is 0.901. The van der Waals surface area contributed by atoms with Crippen LogP contribution in [0.4, 0.5) is 0 Å². The zero-order chi connectivity index (χ0) is 11.7. The van der Waals surface area contributed by atoms with Crippen molar-refractivity contribution >= 4 is 11.6 Å². The van der Waals surface area contributed by atoms with E-state index in [1.807, 2.05) is 12.1 Å². The Hall–Kier alpha value is -1.31. The molecule has 0 saturated carbocycles. The van der Waals surface area contributed by atoms with Crippen molar-refractivity contribution in [2.24, 2.45) is 0 Å². The average molecular weight is 244 g/mol. The Morgan fingerprint density at radius 2 is 1.76 bits per heavy atom. The molecule has 2 heteroatoms. The molecule has 0 atom stereocenters. The van der Waals surface area contributed by atoms with Crippen LogP contribution in [0, 0.1) is 0 Å². The van der Waals surface area contributed by atoms with E-state index in [1.54, 1.807) is 0 Å². The van der Waals surface area contributed by atoms with Gasteiger partial charge in [-0.1, -0.05) is 54.1 Å². The molecule has 1 aliphatic heterocycles. The minimum atomic E-state index is 0.901. The van der Waals surface area contributed by atoms with Crippen molar-refractivity contribution in [2.75, 3.05) is 0 Å². The van der Waals surface area contributed by atoms with Crippen molar-refractivity contribution in [3.8, 4) is 0 Å². The molecule has 0 N–H and O–H groups in total. The van der Waals surface area contributed by atoms with E-state index in [9.17, 15) is 0 Å². The predicted molar refractivity (Wildman–Crippen MR) is 70.8 cm³/mol. The number of hydrogen-bond donors (Lipinski definition) is 0. The number of rotatable bonds is 2. The number of benzene rings is 2. The average Bonchev–Trinajstić information content (AvgIpc) is 2.74. The van der Waals surface area contributed by atoms with Crippen molar-refractivity contribution in [3.05, 3.63) is 70.2 Å². The molecule has 86 valence electrons. The third-order valence-corrected chi connectivity index (χ3v) is 3.59. The standard InChI is InChI=1S/C15H14ClN/c16-15-8-4-7-13-10-17(11-14(13)15)9-12-5-2-1-3-6-12/h1-8H,9-11H2. The molecule has 1 nitrogen and oxygen atoms in total. The highest BCUT2D eigenvalue weighted by atomic mass is 35.5. The van der Waals surface area contributed by atoms with Gasteiger partial charge in [0.15, 0.2) is 0 Å². The fourth-order valence-electron chi connectivity index (χ4n) is 2.40. The van der Waals surface area contributed by atoms with E-state index in [0.29, 0.717) is 0 Å². The fraction of sp³-hybridized carbons (Fsp3) is 0.200. The minimum absolute atomic E-state index is 0.901. The van der Waals surface area contributed by atoms with Gasteiger partial charge in [0, 0.05) is 24.7 Å². The molecule has 0 spiro atoms. The molecule has 0 fully saturated rings. The molecule has 2 aromatic carbocycles. The highest BCUT2D eigenvalue weighted by Gasteiger charge is 2.20. The number of hydrogen-bond acceptors (Lipinski definition) is 1. The van der Waals surface area contributed by atoms with Gasteiger partial charge in [0.2, 0.25) is 0 Å². The normalized spacial score (nSPS) is 14.9. The zero-order valence-corrected chi connectivity index (χ0v) is 10.3. The summed E-state index contributed by atoms with van der Waals surface area (Å²) in [6.07, 6.45) is 0. The van der Waals surface area contributed by atoms with Gasteiger partial charge in [0.25, 0.3) is 0 Å². The second kappa shape index (κ2) is 4.52. The third-order valence-electron chi connectivity index (χ3n) is 3.24. The summed E-state index contributed by atoms with van der Waals surface area (Å²) in [5.74, 6) is 0. The smallest absolute Gasteiger partial charge is 0.0454 e. The summed E-state index contributed by atoms with van der Waals surface area (Å²) in [7, 11) is 0. The van der Waals surface area contributed by atoms with Gasteiger partial charge in [-0.05, 0) is 22.8 Å². The lowest BCUT2D eigenvalue weighted by molar-refractivity contribution is 0.275.